The summed E-state index contributed by atoms with van der Waals surface area (Å²) >= 11 is 0. The molecule has 2 unspecified atom stereocenters. The highest BCUT2D eigenvalue weighted by Gasteiger charge is 2.28. The average Bonchev–Trinajstić information content (AvgIpc) is 3.12. The van der Waals surface area contributed by atoms with Crippen molar-refractivity contribution in [3.05, 3.63) is 71.7 Å². The third kappa shape index (κ3) is 3.41. The van der Waals surface area contributed by atoms with E-state index in [4.69, 9.17) is 0 Å². The Labute approximate surface area is 163 Å². The molecule has 0 saturated carbocycles. The second-order valence-electron chi connectivity index (χ2n) is 7.02. The van der Waals surface area contributed by atoms with Crippen LogP contribution >= 0.6 is 0 Å². The zero-order valence-electron chi connectivity index (χ0n) is 15.8. The maximum absolute atomic E-state index is 12.8. The van der Waals surface area contributed by atoms with Gasteiger partial charge in [0.1, 0.15) is 5.82 Å². The number of aromatic amines is 1. The van der Waals surface area contributed by atoms with E-state index < -0.39 is 0 Å². The van der Waals surface area contributed by atoms with Gasteiger partial charge in [0.2, 0.25) is 11.8 Å². The third-order valence-corrected chi connectivity index (χ3v) is 5.04. The number of carbonyl (C=O) groups is 2. The van der Waals surface area contributed by atoms with Crippen LogP contribution in [0, 0.1) is 0 Å². The number of para-hydroxylation sites is 2. The van der Waals surface area contributed by atoms with Gasteiger partial charge in [-0.05, 0) is 36.3 Å². The van der Waals surface area contributed by atoms with Crippen molar-refractivity contribution in [2.24, 2.45) is 0 Å². The molecule has 6 nitrogen and oxygen atoms in total. The predicted molar refractivity (Wildman–Crippen MR) is 108 cm³/mol. The monoisotopic (exact) mass is 374 g/mol. The lowest BCUT2D eigenvalue weighted by Crippen LogP contribution is -2.36. The summed E-state index contributed by atoms with van der Waals surface area (Å²) in [5.41, 5.74) is 3.82. The molecule has 1 aromatic heterocycles. The highest BCUT2D eigenvalue weighted by molar-refractivity contribution is 5.82. The SMILES string of the molecule is CC(=O)N1C=Cc2ccccc2C1CC(=O)NC(C)c1nc2ccccc2[nH]1. The summed E-state index contributed by atoms with van der Waals surface area (Å²) in [7, 11) is 0. The van der Waals surface area contributed by atoms with Crippen molar-refractivity contribution < 1.29 is 9.59 Å². The minimum Gasteiger partial charge on any atom is -0.346 e. The number of imidazole rings is 1. The first kappa shape index (κ1) is 18.0. The lowest BCUT2D eigenvalue weighted by molar-refractivity contribution is -0.130. The maximum atomic E-state index is 12.8. The van der Waals surface area contributed by atoms with Crippen LogP contribution in [0.25, 0.3) is 17.1 Å². The summed E-state index contributed by atoms with van der Waals surface area (Å²) in [5, 5.41) is 3.00. The molecule has 0 radical (unpaired) electrons. The molecule has 2 heterocycles. The Hall–Kier alpha value is -3.41. The van der Waals surface area contributed by atoms with E-state index in [2.05, 4.69) is 15.3 Å². The van der Waals surface area contributed by atoms with Gasteiger partial charge < -0.3 is 15.2 Å². The molecule has 2 aromatic carbocycles. The Balaban J connectivity index is 1.51. The predicted octanol–water partition coefficient (Wildman–Crippen LogP) is 3.70. The Bertz CT molecular complexity index is 1040. The summed E-state index contributed by atoms with van der Waals surface area (Å²) in [5.74, 6) is 0.491. The van der Waals surface area contributed by atoms with Crippen molar-refractivity contribution in [2.45, 2.75) is 32.4 Å². The number of hydrogen-bond acceptors (Lipinski definition) is 3. The van der Waals surface area contributed by atoms with Crippen molar-refractivity contribution in [1.29, 1.82) is 0 Å². The van der Waals surface area contributed by atoms with Crippen LogP contribution in [0.3, 0.4) is 0 Å². The second-order valence-corrected chi connectivity index (χ2v) is 7.02. The van der Waals surface area contributed by atoms with Crippen LogP contribution in [0.4, 0.5) is 0 Å². The van der Waals surface area contributed by atoms with Crippen LogP contribution in [-0.2, 0) is 9.59 Å². The molecule has 142 valence electrons. The highest BCUT2D eigenvalue weighted by atomic mass is 16.2. The fraction of sp³-hybridized carbons (Fsp3) is 0.227. The quantitative estimate of drug-likeness (QED) is 0.731. The molecule has 6 heteroatoms. The van der Waals surface area contributed by atoms with Gasteiger partial charge in [0.15, 0.2) is 0 Å². The molecule has 2 atom stereocenters. The minimum atomic E-state index is -0.318. The molecular formula is C22H22N4O2. The number of carbonyl (C=O) groups excluding carboxylic acids is 2. The van der Waals surface area contributed by atoms with Crippen LogP contribution < -0.4 is 5.32 Å². The average molecular weight is 374 g/mol. The van der Waals surface area contributed by atoms with Gasteiger partial charge in [0, 0.05) is 13.1 Å². The van der Waals surface area contributed by atoms with E-state index in [0.29, 0.717) is 5.82 Å². The van der Waals surface area contributed by atoms with Crippen LogP contribution in [0.2, 0.25) is 0 Å². The normalized spacial score (nSPS) is 16.6. The van der Waals surface area contributed by atoms with Gasteiger partial charge in [0.05, 0.1) is 29.5 Å². The first-order chi connectivity index (χ1) is 13.5. The van der Waals surface area contributed by atoms with Gasteiger partial charge in [-0.3, -0.25) is 9.59 Å². The summed E-state index contributed by atoms with van der Waals surface area (Å²) in [6, 6.07) is 15.0. The van der Waals surface area contributed by atoms with Gasteiger partial charge >= 0.3 is 0 Å². The molecule has 0 fully saturated rings. The number of fused-ring (bicyclic) bond motifs is 2. The molecule has 1 aliphatic heterocycles. The maximum Gasteiger partial charge on any atom is 0.223 e. The van der Waals surface area contributed by atoms with Gasteiger partial charge in [-0.1, -0.05) is 36.4 Å². The first-order valence-corrected chi connectivity index (χ1v) is 9.33. The van der Waals surface area contributed by atoms with Crippen molar-refractivity contribution >= 4 is 28.9 Å². The smallest absolute Gasteiger partial charge is 0.223 e. The number of nitrogens with zero attached hydrogens (tertiary/aromatic N) is 2. The van der Waals surface area contributed by atoms with Crippen LogP contribution in [0.15, 0.2) is 54.7 Å². The number of rotatable bonds is 4. The lowest BCUT2D eigenvalue weighted by atomic mass is 9.93. The Morgan fingerprint density at radius 3 is 2.71 bits per heavy atom. The molecule has 2 N–H and O–H groups in total. The van der Waals surface area contributed by atoms with Crippen molar-refractivity contribution in [2.75, 3.05) is 0 Å². The molecule has 2 amide bonds. The molecule has 0 aliphatic carbocycles. The van der Waals surface area contributed by atoms with Crippen molar-refractivity contribution in [3.63, 3.8) is 0 Å². The Morgan fingerprint density at radius 1 is 1.18 bits per heavy atom. The lowest BCUT2D eigenvalue weighted by Gasteiger charge is -2.32. The number of hydrogen-bond donors (Lipinski definition) is 2. The molecule has 0 spiro atoms. The highest BCUT2D eigenvalue weighted by Crippen LogP contribution is 2.33. The fourth-order valence-electron chi connectivity index (χ4n) is 3.64. The van der Waals surface area contributed by atoms with Crippen LogP contribution in [-0.4, -0.2) is 26.7 Å². The van der Waals surface area contributed by atoms with Gasteiger partial charge in [-0.25, -0.2) is 4.98 Å². The fourth-order valence-corrected chi connectivity index (χ4v) is 3.64. The molecule has 0 saturated heterocycles. The van der Waals surface area contributed by atoms with Crippen molar-refractivity contribution in [1.82, 2.24) is 20.2 Å². The van der Waals surface area contributed by atoms with Gasteiger partial charge in [-0.15, -0.1) is 0 Å². The van der Waals surface area contributed by atoms with E-state index in [9.17, 15) is 9.59 Å². The zero-order valence-corrected chi connectivity index (χ0v) is 15.8. The number of amides is 2. The zero-order chi connectivity index (χ0) is 19.7. The number of aromatic nitrogens is 2. The number of nitrogens with one attached hydrogen (secondary N) is 2. The number of benzene rings is 2. The van der Waals surface area contributed by atoms with Crippen LogP contribution in [0.1, 0.15) is 49.3 Å². The molecule has 1 aliphatic rings. The molecule has 0 bridgehead atoms. The van der Waals surface area contributed by atoms with E-state index in [-0.39, 0.29) is 30.3 Å². The number of H-pyrrole nitrogens is 1. The largest absolute Gasteiger partial charge is 0.346 e. The van der Waals surface area contributed by atoms with E-state index >= 15 is 0 Å². The Morgan fingerprint density at radius 2 is 1.93 bits per heavy atom. The topological polar surface area (TPSA) is 78.1 Å². The molecular weight excluding hydrogens is 352 g/mol. The minimum absolute atomic E-state index is 0.0890. The van der Waals surface area contributed by atoms with Gasteiger partial charge in [0.25, 0.3) is 0 Å². The summed E-state index contributed by atoms with van der Waals surface area (Å²) in [6.07, 6.45) is 3.85. The van der Waals surface area contributed by atoms with E-state index in [1.54, 1.807) is 11.1 Å². The molecule has 4 rings (SSSR count). The molecule has 3 aromatic rings. The van der Waals surface area contributed by atoms with Gasteiger partial charge in [-0.2, -0.15) is 0 Å². The second kappa shape index (κ2) is 7.31. The third-order valence-electron chi connectivity index (χ3n) is 5.04. The summed E-state index contributed by atoms with van der Waals surface area (Å²) in [4.78, 5) is 34.3. The van der Waals surface area contributed by atoms with Crippen LogP contribution in [0.5, 0.6) is 0 Å². The van der Waals surface area contributed by atoms with Crippen molar-refractivity contribution in [3.8, 4) is 0 Å². The van der Waals surface area contributed by atoms with E-state index in [1.165, 1.54) is 6.92 Å². The summed E-state index contributed by atoms with van der Waals surface area (Å²) in [6.45, 7) is 3.41. The van der Waals surface area contributed by atoms with E-state index in [1.807, 2.05) is 61.5 Å². The standard InChI is InChI=1S/C22H22N4O2/c1-14(22-24-18-9-5-6-10-19(18)25-22)23-21(28)13-20-17-8-4-3-7-16(17)11-12-26(20)15(2)27/h3-12,14,20H,13H2,1-2H3,(H,23,28)(H,24,25). The summed E-state index contributed by atoms with van der Waals surface area (Å²) < 4.78 is 0. The first-order valence-electron chi connectivity index (χ1n) is 9.33. The molecule has 28 heavy (non-hydrogen) atoms. The Kier molecular flexibility index (Phi) is 4.69. The van der Waals surface area contributed by atoms with E-state index in [0.717, 1.165) is 22.2 Å².